The molecule has 2 saturated carbocycles. The van der Waals surface area contributed by atoms with Crippen molar-refractivity contribution in [3.05, 3.63) is 12.8 Å². The average molecular weight is 236 g/mol. The van der Waals surface area contributed by atoms with Crippen LogP contribution in [0.5, 0.6) is 0 Å². The molecular weight excluding hydrogens is 208 g/mol. The van der Waals surface area contributed by atoms with Crippen molar-refractivity contribution in [2.45, 2.75) is 64.9 Å². The van der Waals surface area contributed by atoms with Crippen molar-refractivity contribution in [1.82, 2.24) is 0 Å². The number of fused-ring (bicyclic) bond motifs is 1. The van der Waals surface area contributed by atoms with E-state index < -0.39 is 0 Å². The first-order chi connectivity index (χ1) is 8.06. The molecule has 4 atom stereocenters. The molecule has 0 aliphatic heterocycles. The summed E-state index contributed by atoms with van der Waals surface area (Å²) in [6.45, 7) is 10.5. The summed E-state index contributed by atoms with van der Waals surface area (Å²) < 4.78 is 5.72. The third-order valence-corrected chi connectivity index (χ3v) is 5.47. The summed E-state index contributed by atoms with van der Waals surface area (Å²) in [4.78, 5) is 0. The second kappa shape index (κ2) is 5.04. The van der Waals surface area contributed by atoms with Crippen LogP contribution in [-0.2, 0) is 4.74 Å². The second-order valence-electron chi connectivity index (χ2n) is 6.64. The Balaban J connectivity index is 1.97. The molecule has 98 valence electrons. The van der Waals surface area contributed by atoms with E-state index >= 15 is 0 Å². The van der Waals surface area contributed by atoms with Crippen molar-refractivity contribution in [2.24, 2.45) is 23.7 Å². The normalized spacial score (nSPS) is 35.1. The maximum absolute atomic E-state index is 5.72. The maximum Gasteiger partial charge on any atom is 0.105 e. The Labute approximate surface area is 107 Å². The summed E-state index contributed by atoms with van der Waals surface area (Å²) in [7, 11) is 0. The van der Waals surface area contributed by atoms with E-state index in [9.17, 15) is 0 Å². The fourth-order valence-electron chi connectivity index (χ4n) is 4.01. The molecule has 4 unspecified atom stereocenters. The minimum atomic E-state index is -0.0519. The Bertz CT molecular complexity index is 269. The third-order valence-electron chi connectivity index (χ3n) is 5.47. The van der Waals surface area contributed by atoms with Gasteiger partial charge in [-0.3, -0.25) is 0 Å². The van der Waals surface area contributed by atoms with Crippen LogP contribution in [-0.4, -0.2) is 5.60 Å². The summed E-state index contributed by atoms with van der Waals surface area (Å²) in [5.74, 6) is 3.54. The van der Waals surface area contributed by atoms with Crippen LogP contribution >= 0.6 is 0 Å². The third kappa shape index (κ3) is 2.53. The standard InChI is InChI=1S/C16H28O/c1-5-17-16(3,4)12(2)15-11-13-9-7-6-8-10-14(13)15/h5,12-15H,1,6-11H2,2-4H3. The zero-order chi connectivity index (χ0) is 12.5. The van der Waals surface area contributed by atoms with Crippen LogP contribution in [0.3, 0.4) is 0 Å². The first kappa shape index (κ1) is 13.0. The SMILES string of the molecule is C=COC(C)(C)C(C)C1CC2CCCCCC21. The summed E-state index contributed by atoms with van der Waals surface area (Å²) in [5.41, 5.74) is -0.0519. The van der Waals surface area contributed by atoms with Gasteiger partial charge in [-0.2, -0.15) is 0 Å². The molecule has 2 fully saturated rings. The molecule has 1 nitrogen and oxygen atoms in total. The van der Waals surface area contributed by atoms with Gasteiger partial charge in [0.05, 0.1) is 6.26 Å². The van der Waals surface area contributed by atoms with Gasteiger partial charge in [-0.1, -0.05) is 39.2 Å². The van der Waals surface area contributed by atoms with Crippen molar-refractivity contribution in [3.8, 4) is 0 Å². The van der Waals surface area contributed by atoms with E-state index in [1.807, 2.05) is 0 Å². The number of ether oxygens (including phenoxy) is 1. The van der Waals surface area contributed by atoms with E-state index in [1.165, 1.54) is 38.5 Å². The van der Waals surface area contributed by atoms with E-state index in [0.717, 1.165) is 17.8 Å². The summed E-state index contributed by atoms with van der Waals surface area (Å²) in [5, 5.41) is 0. The molecule has 0 spiro atoms. The fourth-order valence-corrected chi connectivity index (χ4v) is 4.01. The highest BCUT2D eigenvalue weighted by Crippen LogP contribution is 2.53. The van der Waals surface area contributed by atoms with Gasteiger partial charge in [0.2, 0.25) is 0 Å². The molecule has 0 N–H and O–H groups in total. The predicted molar refractivity (Wildman–Crippen MR) is 72.7 cm³/mol. The van der Waals surface area contributed by atoms with Gasteiger partial charge >= 0.3 is 0 Å². The molecule has 2 aliphatic carbocycles. The fraction of sp³-hybridized carbons (Fsp3) is 0.875. The minimum Gasteiger partial charge on any atom is -0.496 e. The lowest BCUT2D eigenvalue weighted by Gasteiger charge is -2.51. The molecule has 2 rings (SSSR count). The minimum absolute atomic E-state index is 0.0519. The van der Waals surface area contributed by atoms with Gasteiger partial charge in [0.25, 0.3) is 0 Å². The van der Waals surface area contributed by atoms with Gasteiger partial charge in [0.15, 0.2) is 0 Å². The molecule has 0 aromatic heterocycles. The number of hydrogen-bond acceptors (Lipinski definition) is 1. The second-order valence-corrected chi connectivity index (χ2v) is 6.64. The quantitative estimate of drug-likeness (QED) is 0.638. The Kier molecular flexibility index (Phi) is 3.85. The van der Waals surface area contributed by atoms with E-state index in [-0.39, 0.29) is 5.60 Å². The number of hydrogen-bond donors (Lipinski definition) is 0. The van der Waals surface area contributed by atoms with Crippen LogP contribution in [0.1, 0.15) is 59.3 Å². The lowest BCUT2D eigenvalue weighted by atomic mass is 9.56. The number of rotatable bonds is 4. The van der Waals surface area contributed by atoms with Crippen molar-refractivity contribution >= 4 is 0 Å². The largest absolute Gasteiger partial charge is 0.496 e. The van der Waals surface area contributed by atoms with Gasteiger partial charge in [-0.25, -0.2) is 0 Å². The molecular formula is C16H28O. The van der Waals surface area contributed by atoms with Crippen molar-refractivity contribution in [2.75, 3.05) is 0 Å². The zero-order valence-electron chi connectivity index (χ0n) is 11.7. The molecule has 0 bridgehead atoms. The Hall–Kier alpha value is -0.460. The van der Waals surface area contributed by atoms with Crippen molar-refractivity contribution in [1.29, 1.82) is 0 Å². The molecule has 17 heavy (non-hydrogen) atoms. The van der Waals surface area contributed by atoms with Crippen molar-refractivity contribution in [3.63, 3.8) is 0 Å². The maximum atomic E-state index is 5.72. The summed E-state index contributed by atoms with van der Waals surface area (Å²) in [6.07, 6.45) is 10.4. The zero-order valence-corrected chi connectivity index (χ0v) is 11.7. The summed E-state index contributed by atoms with van der Waals surface area (Å²) >= 11 is 0. The van der Waals surface area contributed by atoms with E-state index in [1.54, 1.807) is 6.26 Å². The monoisotopic (exact) mass is 236 g/mol. The predicted octanol–water partition coefficient (Wildman–Crippen LogP) is 4.78. The highest BCUT2D eigenvalue weighted by atomic mass is 16.5. The first-order valence-corrected chi connectivity index (χ1v) is 7.35. The molecule has 0 saturated heterocycles. The topological polar surface area (TPSA) is 9.23 Å². The Morgan fingerprint density at radius 3 is 2.65 bits per heavy atom. The molecule has 0 aromatic carbocycles. The molecule has 0 heterocycles. The van der Waals surface area contributed by atoms with Crippen LogP contribution in [0.15, 0.2) is 12.8 Å². The van der Waals surface area contributed by atoms with Gasteiger partial charge < -0.3 is 4.74 Å². The smallest absolute Gasteiger partial charge is 0.105 e. The van der Waals surface area contributed by atoms with Gasteiger partial charge in [0.1, 0.15) is 5.60 Å². The lowest BCUT2D eigenvalue weighted by molar-refractivity contribution is -0.0780. The van der Waals surface area contributed by atoms with Gasteiger partial charge in [-0.15, -0.1) is 0 Å². The Morgan fingerprint density at radius 1 is 1.24 bits per heavy atom. The highest BCUT2D eigenvalue weighted by molar-refractivity contribution is 4.97. The van der Waals surface area contributed by atoms with Crippen LogP contribution in [0.2, 0.25) is 0 Å². The summed E-state index contributed by atoms with van der Waals surface area (Å²) in [6, 6.07) is 0. The van der Waals surface area contributed by atoms with Crippen LogP contribution in [0, 0.1) is 23.7 Å². The van der Waals surface area contributed by atoms with Gasteiger partial charge in [-0.05, 0) is 50.4 Å². The van der Waals surface area contributed by atoms with Crippen LogP contribution in [0.4, 0.5) is 0 Å². The molecule has 0 radical (unpaired) electrons. The van der Waals surface area contributed by atoms with Crippen molar-refractivity contribution < 1.29 is 4.74 Å². The molecule has 0 aromatic rings. The van der Waals surface area contributed by atoms with E-state index in [2.05, 4.69) is 27.4 Å². The molecule has 0 amide bonds. The lowest BCUT2D eigenvalue weighted by Crippen LogP contribution is -2.47. The first-order valence-electron chi connectivity index (χ1n) is 7.35. The highest BCUT2D eigenvalue weighted by Gasteiger charge is 2.47. The van der Waals surface area contributed by atoms with Gasteiger partial charge in [0, 0.05) is 0 Å². The van der Waals surface area contributed by atoms with E-state index in [0.29, 0.717) is 5.92 Å². The molecule has 1 heteroatoms. The van der Waals surface area contributed by atoms with E-state index in [4.69, 9.17) is 4.74 Å². The van der Waals surface area contributed by atoms with Crippen LogP contribution < -0.4 is 0 Å². The average Bonchev–Trinajstić information content (AvgIpc) is 2.41. The molecule has 2 aliphatic rings. The van der Waals surface area contributed by atoms with Crippen LogP contribution in [0.25, 0.3) is 0 Å². The Morgan fingerprint density at radius 2 is 1.94 bits per heavy atom.